The maximum Gasteiger partial charge on any atom is 0.401 e. The summed E-state index contributed by atoms with van der Waals surface area (Å²) < 4.78 is 37.0. The van der Waals surface area contributed by atoms with E-state index in [-0.39, 0.29) is 18.7 Å². The smallest absolute Gasteiger partial charge is 0.401 e. The van der Waals surface area contributed by atoms with Gasteiger partial charge in [-0.25, -0.2) is 4.79 Å². The number of nitrogens with zero attached hydrogens (tertiary/aromatic N) is 2. The van der Waals surface area contributed by atoms with Gasteiger partial charge in [-0.05, 0) is 12.1 Å². The molecule has 1 aromatic rings. The summed E-state index contributed by atoms with van der Waals surface area (Å²) >= 11 is 6.05. The largest absolute Gasteiger partial charge is 0.478 e. The molecular weight excluding hydrogens is 309 g/mol. The first-order valence-corrected chi connectivity index (χ1v) is 6.71. The minimum Gasteiger partial charge on any atom is -0.478 e. The first-order chi connectivity index (χ1) is 9.78. The molecule has 1 fully saturated rings. The molecule has 0 spiro atoms. The highest BCUT2D eigenvalue weighted by Crippen LogP contribution is 2.31. The van der Waals surface area contributed by atoms with Crippen molar-refractivity contribution in [3.05, 3.63) is 28.8 Å². The third-order valence-corrected chi connectivity index (χ3v) is 3.61. The fourth-order valence-corrected chi connectivity index (χ4v) is 2.69. The molecule has 1 N–H and O–H groups in total. The minimum absolute atomic E-state index is 0.0618. The number of para-hydroxylation sites is 1. The molecule has 1 heterocycles. The van der Waals surface area contributed by atoms with Crippen LogP contribution in [0.2, 0.25) is 5.02 Å². The molecule has 0 bridgehead atoms. The molecule has 1 aromatic carbocycles. The summed E-state index contributed by atoms with van der Waals surface area (Å²) in [6.07, 6.45) is -4.22. The van der Waals surface area contributed by atoms with Gasteiger partial charge in [0.25, 0.3) is 0 Å². The molecule has 0 aromatic heterocycles. The van der Waals surface area contributed by atoms with Crippen LogP contribution in [0.15, 0.2) is 18.2 Å². The Balaban J connectivity index is 2.11. The third-order valence-electron chi connectivity index (χ3n) is 3.31. The number of aromatic carboxylic acids is 1. The number of carboxylic acids is 1. The van der Waals surface area contributed by atoms with Crippen LogP contribution in [0.1, 0.15) is 10.4 Å². The highest BCUT2D eigenvalue weighted by atomic mass is 35.5. The quantitative estimate of drug-likeness (QED) is 0.929. The molecule has 21 heavy (non-hydrogen) atoms. The Kier molecular flexibility index (Phi) is 4.63. The lowest BCUT2D eigenvalue weighted by Crippen LogP contribution is -2.49. The van der Waals surface area contributed by atoms with Crippen LogP contribution >= 0.6 is 11.6 Å². The highest BCUT2D eigenvalue weighted by molar-refractivity contribution is 6.34. The number of benzene rings is 1. The second kappa shape index (κ2) is 6.11. The van der Waals surface area contributed by atoms with Crippen LogP contribution in [0, 0.1) is 0 Å². The number of anilines is 1. The van der Waals surface area contributed by atoms with E-state index >= 15 is 0 Å². The number of rotatable bonds is 3. The standard InChI is InChI=1S/C13H14ClF3N2O2/c14-10-3-1-2-9(12(20)21)11(10)19-6-4-18(5-7-19)8-13(15,16)17/h1-3H,4-8H2,(H,20,21). The molecule has 4 nitrogen and oxygen atoms in total. The molecule has 1 aliphatic rings. The number of alkyl halides is 3. The van der Waals surface area contributed by atoms with Crippen molar-refractivity contribution in [2.45, 2.75) is 6.18 Å². The zero-order valence-electron chi connectivity index (χ0n) is 11.0. The predicted octanol–water partition coefficient (Wildman–Crippen LogP) is 2.72. The van der Waals surface area contributed by atoms with Crippen molar-refractivity contribution in [2.75, 3.05) is 37.6 Å². The van der Waals surface area contributed by atoms with Gasteiger partial charge in [0, 0.05) is 26.2 Å². The summed E-state index contributed by atoms with van der Waals surface area (Å²) in [7, 11) is 0. The monoisotopic (exact) mass is 322 g/mol. The summed E-state index contributed by atoms with van der Waals surface area (Å²) in [5, 5.41) is 9.47. The van der Waals surface area contributed by atoms with Crippen molar-refractivity contribution in [2.24, 2.45) is 0 Å². The van der Waals surface area contributed by atoms with Gasteiger partial charge < -0.3 is 10.0 Å². The van der Waals surface area contributed by atoms with Crippen molar-refractivity contribution < 1.29 is 23.1 Å². The second-order valence-corrected chi connectivity index (χ2v) is 5.23. The number of hydrogen-bond donors (Lipinski definition) is 1. The van der Waals surface area contributed by atoms with Crippen LogP contribution < -0.4 is 4.90 Å². The summed E-state index contributed by atoms with van der Waals surface area (Å²) in [4.78, 5) is 14.2. The zero-order chi connectivity index (χ0) is 15.6. The number of carbonyl (C=O) groups is 1. The maximum absolute atomic E-state index is 12.3. The van der Waals surface area contributed by atoms with Gasteiger partial charge in [-0.1, -0.05) is 17.7 Å². The van der Waals surface area contributed by atoms with Crippen molar-refractivity contribution in [3.8, 4) is 0 Å². The Morgan fingerprint density at radius 3 is 2.38 bits per heavy atom. The molecule has 0 unspecified atom stereocenters. The predicted molar refractivity (Wildman–Crippen MR) is 73.1 cm³/mol. The van der Waals surface area contributed by atoms with Gasteiger partial charge in [0.2, 0.25) is 0 Å². The second-order valence-electron chi connectivity index (χ2n) is 4.82. The van der Waals surface area contributed by atoms with E-state index in [1.54, 1.807) is 11.0 Å². The van der Waals surface area contributed by atoms with Crippen LogP contribution in [-0.4, -0.2) is 54.9 Å². The molecule has 1 aliphatic heterocycles. The van der Waals surface area contributed by atoms with Gasteiger partial charge in [-0.2, -0.15) is 13.2 Å². The van der Waals surface area contributed by atoms with E-state index in [0.717, 1.165) is 0 Å². The number of carboxylic acid groups (broad SMARTS) is 1. The topological polar surface area (TPSA) is 43.8 Å². The van der Waals surface area contributed by atoms with Crippen molar-refractivity contribution >= 4 is 23.3 Å². The molecule has 8 heteroatoms. The molecule has 0 amide bonds. The van der Waals surface area contributed by atoms with E-state index in [2.05, 4.69) is 0 Å². The average Bonchev–Trinajstić information content (AvgIpc) is 2.37. The zero-order valence-corrected chi connectivity index (χ0v) is 11.8. The number of hydrogen-bond acceptors (Lipinski definition) is 3. The Morgan fingerprint density at radius 1 is 1.24 bits per heavy atom. The van der Waals surface area contributed by atoms with Crippen LogP contribution in [-0.2, 0) is 0 Å². The third kappa shape index (κ3) is 4.01. The van der Waals surface area contributed by atoms with Crippen LogP contribution in [0.25, 0.3) is 0 Å². The summed E-state index contributed by atoms with van der Waals surface area (Å²) in [5.74, 6) is -1.11. The maximum atomic E-state index is 12.3. The Bertz CT molecular complexity index is 529. The van der Waals surface area contributed by atoms with Gasteiger partial charge >= 0.3 is 12.1 Å². The molecule has 0 radical (unpaired) electrons. The van der Waals surface area contributed by atoms with Crippen molar-refractivity contribution in [3.63, 3.8) is 0 Å². The van der Waals surface area contributed by atoms with Gasteiger partial charge in [0.1, 0.15) is 0 Å². The van der Waals surface area contributed by atoms with Crippen LogP contribution in [0.3, 0.4) is 0 Å². The molecule has 0 aliphatic carbocycles. The minimum atomic E-state index is -4.22. The van der Waals surface area contributed by atoms with Crippen LogP contribution in [0.4, 0.5) is 18.9 Å². The SMILES string of the molecule is O=C(O)c1cccc(Cl)c1N1CCN(CC(F)(F)F)CC1. The van der Waals surface area contributed by atoms with E-state index in [1.807, 2.05) is 0 Å². The summed E-state index contributed by atoms with van der Waals surface area (Å²) in [6.45, 7) is 0.0862. The molecule has 116 valence electrons. The van der Waals surface area contributed by atoms with E-state index in [0.29, 0.717) is 23.8 Å². The van der Waals surface area contributed by atoms with Crippen molar-refractivity contribution in [1.29, 1.82) is 0 Å². The lowest BCUT2D eigenvalue weighted by atomic mass is 10.1. The molecular formula is C13H14ClF3N2O2. The normalized spacial score (nSPS) is 17.0. The van der Waals surface area contributed by atoms with Gasteiger partial charge in [-0.15, -0.1) is 0 Å². The fourth-order valence-electron chi connectivity index (χ4n) is 2.39. The van der Waals surface area contributed by atoms with E-state index in [4.69, 9.17) is 11.6 Å². The van der Waals surface area contributed by atoms with Crippen LogP contribution in [0.5, 0.6) is 0 Å². The molecule has 1 saturated heterocycles. The first-order valence-electron chi connectivity index (χ1n) is 6.34. The Morgan fingerprint density at radius 2 is 1.86 bits per heavy atom. The number of halogens is 4. The lowest BCUT2D eigenvalue weighted by molar-refractivity contribution is -0.146. The van der Waals surface area contributed by atoms with Gasteiger partial charge in [-0.3, -0.25) is 4.90 Å². The molecule has 0 atom stereocenters. The number of piperazine rings is 1. The van der Waals surface area contributed by atoms with Gasteiger partial charge in [0.05, 0.1) is 22.8 Å². The van der Waals surface area contributed by atoms with Gasteiger partial charge in [0.15, 0.2) is 0 Å². The van der Waals surface area contributed by atoms with E-state index in [1.165, 1.54) is 17.0 Å². The molecule has 0 saturated carbocycles. The molecule has 2 rings (SSSR count). The Hall–Kier alpha value is -1.47. The average molecular weight is 323 g/mol. The van der Waals surface area contributed by atoms with E-state index in [9.17, 15) is 23.1 Å². The first kappa shape index (κ1) is 15.9. The van der Waals surface area contributed by atoms with E-state index < -0.39 is 18.7 Å². The van der Waals surface area contributed by atoms with Crippen molar-refractivity contribution in [1.82, 2.24) is 4.90 Å². The fraction of sp³-hybridized carbons (Fsp3) is 0.462. The Labute approximate surface area is 124 Å². The summed E-state index contributed by atoms with van der Waals surface area (Å²) in [5.41, 5.74) is 0.435. The summed E-state index contributed by atoms with van der Waals surface area (Å²) in [6, 6.07) is 4.55. The lowest BCUT2D eigenvalue weighted by Gasteiger charge is -2.37. The highest BCUT2D eigenvalue weighted by Gasteiger charge is 2.32.